The molecule has 1 fully saturated rings. The monoisotopic (exact) mass is 313 g/mol. The summed E-state index contributed by atoms with van der Waals surface area (Å²) in [7, 11) is 0. The number of hydrogen-bond donors (Lipinski definition) is 2. The van der Waals surface area contributed by atoms with Crippen LogP contribution in [-0.4, -0.2) is 26.8 Å². The van der Waals surface area contributed by atoms with Gasteiger partial charge in [-0.15, -0.1) is 5.10 Å². The topological polar surface area (TPSA) is 88.9 Å². The van der Waals surface area contributed by atoms with E-state index in [0.717, 1.165) is 24.8 Å². The predicted octanol–water partition coefficient (Wildman–Crippen LogP) is 1.33. The van der Waals surface area contributed by atoms with Gasteiger partial charge < -0.3 is 10.6 Å². The van der Waals surface area contributed by atoms with Gasteiger partial charge in [0.25, 0.3) is 0 Å². The van der Waals surface area contributed by atoms with Gasteiger partial charge in [-0.1, -0.05) is 42.0 Å². The Morgan fingerprint density at radius 3 is 2.70 bits per heavy atom. The van der Waals surface area contributed by atoms with E-state index < -0.39 is 0 Å². The summed E-state index contributed by atoms with van der Waals surface area (Å²) in [6.07, 6.45) is 4.54. The van der Waals surface area contributed by atoms with Gasteiger partial charge >= 0.3 is 0 Å². The van der Waals surface area contributed by atoms with Crippen LogP contribution in [0, 0.1) is 5.92 Å². The highest BCUT2D eigenvalue weighted by Gasteiger charge is 2.25. The lowest BCUT2D eigenvalue weighted by molar-refractivity contribution is -0.122. The third-order valence-electron chi connectivity index (χ3n) is 3.90. The molecule has 0 saturated heterocycles. The molecule has 0 spiro atoms. The van der Waals surface area contributed by atoms with Crippen molar-refractivity contribution in [1.82, 2.24) is 20.3 Å². The molecule has 1 aromatic heterocycles. The number of carbonyl (C=O) groups excluding carboxylic acids is 2. The highest BCUT2D eigenvalue weighted by atomic mass is 16.2. The summed E-state index contributed by atoms with van der Waals surface area (Å²) in [5.74, 6) is 0.305. The first-order valence-electron chi connectivity index (χ1n) is 7.72. The van der Waals surface area contributed by atoms with Crippen molar-refractivity contribution in [2.45, 2.75) is 32.4 Å². The zero-order chi connectivity index (χ0) is 16.1. The molecule has 7 heteroatoms. The molecule has 1 aliphatic rings. The number of benzene rings is 1. The zero-order valence-corrected chi connectivity index (χ0v) is 12.7. The average molecular weight is 313 g/mol. The van der Waals surface area contributed by atoms with Gasteiger partial charge in [0.15, 0.2) is 5.82 Å². The van der Waals surface area contributed by atoms with E-state index in [0.29, 0.717) is 12.4 Å². The molecule has 2 aromatic rings. The second-order valence-electron chi connectivity index (χ2n) is 5.68. The summed E-state index contributed by atoms with van der Waals surface area (Å²) in [5.41, 5.74) is 1.04. The standard InChI is InChI=1S/C16H19N5O2/c22-15(17-9-12-5-2-1-3-6-12)11-21-10-14(19-20-21)18-16(23)13-7-4-8-13/h1-3,5-6,10,13H,4,7-9,11H2,(H,17,22)(H,18,23). The summed E-state index contributed by atoms with van der Waals surface area (Å²) in [5, 5.41) is 13.3. The fourth-order valence-corrected chi connectivity index (χ4v) is 2.33. The van der Waals surface area contributed by atoms with Crippen LogP contribution in [0.15, 0.2) is 36.5 Å². The normalized spacial score (nSPS) is 14.1. The lowest BCUT2D eigenvalue weighted by Gasteiger charge is -2.23. The fraction of sp³-hybridized carbons (Fsp3) is 0.375. The van der Waals surface area contributed by atoms with Gasteiger partial charge in [-0.25, -0.2) is 4.68 Å². The minimum absolute atomic E-state index is 0.0168. The summed E-state index contributed by atoms with van der Waals surface area (Å²) in [6, 6.07) is 9.68. The molecule has 2 amide bonds. The van der Waals surface area contributed by atoms with E-state index in [1.165, 1.54) is 4.68 Å². The molecule has 1 aromatic carbocycles. The van der Waals surface area contributed by atoms with Crippen molar-refractivity contribution in [1.29, 1.82) is 0 Å². The van der Waals surface area contributed by atoms with Gasteiger partial charge in [-0.05, 0) is 18.4 Å². The Kier molecular flexibility index (Phi) is 4.65. The van der Waals surface area contributed by atoms with Gasteiger partial charge in [0.05, 0.1) is 6.20 Å². The second kappa shape index (κ2) is 7.04. The van der Waals surface area contributed by atoms with Crippen molar-refractivity contribution in [2.24, 2.45) is 5.92 Å². The van der Waals surface area contributed by atoms with E-state index in [9.17, 15) is 9.59 Å². The van der Waals surface area contributed by atoms with Crippen molar-refractivity contribution in [2.75, 3.05) is 5.32 Å². The second-order valence-corrected chi connectivity index (χ2v) is 5.68. The van der Waals surface area contributed by atoms with Crippen LogP contribution in [0.4, 0.5) is 5.82 Å². The number of nitrogens with one attached hydrogen (secondary N) is 2. The molecule has 1 saturated carbocycles. The molecular formula is C16H19N5O2. The minimum Gasteiger partial charge on any atom is -0.350 e. The van der Waals surface area contributed by atoms with Gasteiger partial charge in [-0.2, -0.15) is 0 Å². The fourth-order valence-electron chi connectivity index (χ4n) is 2.33. The van der Waals surface area contributed by atoms with E-state index in [-0.39, 0.29) is 24.3 Å². The van der Waals surface area contributed by atoms with E-state index in [4.69, 9.17) is 0 Å². The molecule has 0 atom stereocenters. The van der Waals surface area contributed by atoms with Crippen LogP contribution in [0.25, 0.3) is 0 Å². The number of carbonyl (C=O) groups is 2. The van der Waals surface area contributed by atoms with Crippen molar-refractivity contribution < 1.29 is 9.59 Å². The van der Waals surface area contributed by atoms with Crippen molar-refractivity contribution in [3.05, 3.63) is 42.1 Å². The molecule has 2 N–H and O–H groups in total. The highest BCUT2D eigenvalue weighted by molar-refractivity contribution is 5.92. The highest BCUT2D eigenvalue weighted by Crippen LogP contribution is 2.27. The van der Waals surface area contributed by atoms with Crippen LogP contribution < -0.4 is 10.6 Å². The van der Waals surface area contributed by atoms with Crippen LogP contribution in [0.3, 0.4) is 0 Å². The van der Waals surface area contributed by atoms with E-state index in [1.807, 2.05) is 30.3 Å². The van der Waals surface area contributed by atoms with Crippen LogP contribution >= 0.6 is 0 Å². The molecule has 120 valence electrons. The molecule has 23 heavy (non-hydrogen) atoms. The molecule has 1 heterocycles. The van der Waals surface area contributed by atoms with E-state index in [1.54, 1.807) is 6.20 Å². The molecule has 3 rings (SSSR count). The summed E-state index contributed by atoms with van der Waals surface area (Å²) < 4.78 is 1.41. The van der Waals surface area contributed by atoms with Gasteiger partial charge in [0, 0.05) is 12.5 Å². The Morgan fingerprint density at radius 2 is 2.00 bits per heavy atom. The molecule has 0 unspecified atom stereocenters. The molecular weight excluding hydrogens is 294 g/mol. The molecule has 0 bridgehead atoms. The minimum atomic E-state index is -0.157. The molecule has 7 nitrogen and oxygen atoms in total. The number of nitrogens with zero attached hydrogens (tertiary/aromatic N) is 3. The lowest BCUT2D eigenvalue weighted by Crippen LogP contribution is -2.28. The van der Waals surface area contributed by atoms with Gasteiger partial charge in [-0.3, -0.25) is 9.59 Å². The number of hydrogen-bond acceptors (Lipinski definition) is 4. The Labute approximate surface area is 134 Å². The summed E-state index contributed by atoms with van der Waals surface area (Å²) in [6.45, 7) is 0.540. The maximum atomic E-state index is 11.9. The first-order valence-corrected chi connectivity index (χ1v) is 7.72. The smallest absolute Gasteiger partial charge is 0.242 e. The lowest BCUT2D eigenvalue weighted by atomic mass is 9.85. The first-order chi connectivity index (χ1) is 11.2. The SMILES string of the molecule is O=C(Cn1cc(NC(=O)C2CCC2)nn1)NCc1ccccc1. The molecule has 0 radical (unpaired) electrons. The molecule has 1 aliphatic carbocycles. The van der Waals surface area contributed by atoms with Crippen molar-refractivity contribution in [3.63, 3.8) is 0 Å². The number of amides is 2. The Hall–Kier alpha value is -2.70. The quantitative estimate of drug-likeness (QED) is 0.842. The van der Waals surface area contributed by atoms with Gasteiger partial charge in [0.2, 0.25) is 11.8 Å². The van der Waals surface area contributed by atoms with Crippen LogP contribution in [0.5, 0.6) is 0 Å². The number of rotatable bonds is 6. The van der Waals surface area contributed by atoms with Crippen LogP contribution in [0.1, 0.15) is 24.8 Å². The average Bonchev–Trinajstić information content (AvgIpc) is 2.91. The summed E-state index contributed by atoms with van der Waals surface area (Å²) in [4.78, 5) is 23.7. The Balaban J connectivity index is 1.46. The van der Waals surface area contributed by atoms with E-state index in [2.05, 4.69) is 20.9 Å². The largest absolute Gasteiger partial charge is 0.350 e. The van der Waals surface area contributed by atoms with Crippen molar-refractivity contribution in [3.8, 4) is 0 Å². The third-order valence-corrected chi connectivity index (χ3v) is 3.90. The summed E-state index contributed by atoms with van der Waals surface area (Å²) >= 11 is 0. The van der Waals surface area contributed by atoms with E-state index >= 15 is 0 Å². The Bertz CT molecular complexity index is 679. The van der Waals surface area contributed by atoms with Crippen LogP contribution in [0.2, 0.25) is 0 Å². The van der Waals surface area contributed by atoms with Crippen molar-refractivity contribution >= 4 is 17.6 Å². The maximum absolute atomic E-state index is 11.9. The third kappa shape index (κ3) is 4.15. The zero-order valence-electron chi connectivity index (χ0n) is 12.7. The maximum Gasteiger partial charge on any atom is 0.242 e. The first kappa shape index (κ1) is 15.2. The van der Waals surface area contributed by atoms with Crippen LogP contribution in [-0.2, 0) is 22.7 Å². The molecule has 0 aliphatic heterocycles. The predicted molar refractivity (Wildman–Crippen MR) is 84.3 cm³/mol. The number of aromatic nitrogens is 3. The van der Waals surface area contributed by atoms with Gasteiger partial charge in [0.1, 0.15) is 6.54 Å². The number of anilines is 1. The Morgan fingerprint density at radius 1 is 1.22 bits per heavy atom.